The average Bonchev–Trinajstić information content (AvgIpc) is 2.52. The zero-order valence-electron chi connectivity index (χ0n) is 12.5. The first-order valence-corrected chi connectivity index (χ1v) is 9.37. The summed E-state index contributed by atoms with van der Waals surface area (Å²) in [4.78, 5) is 0. The Hall–Kier alpha value is -0.730. The second kappa shape index (κ2) is 7.88. The molecule has 126 valence electrons. The van der Waals surface area contributed by atoms with E-state index in [9.17, 15) is 0 Å². The van der Waals surface area contributed by atoms with Crippen LogP contribution >= 0.6 is 69.6 Å². The van der Waals surface area contributed by atoms with Crippen molar-refractivity contribution in [3.63, 3.8) is 0 Å². The van der Waals surface area contributed by atoms with Crippen molar-refractivity contribution in [2.24, 2.45) is 0 Å². The zero-order valence-corrected chi connectivity index (χ0v) is 17.0. The molecule has 0 amide bonds. The smallest absolute Gasteiger partial charge is 0.0832 e. The third kappa shape index (κ3) is 4.17. The van der Waals surface area contributed by atoms with Gasteiger partial charge in [0.15, 0.2) is 0 Å². The Bertz CT molecular complexity index is 813. The normalized spacial score (nSPS) is 10.8. The van der Waals surface area contributed by atoms with Gasteiger partial charge in [0.25, 0.3) is 0 Å². The number of benzene rings is 3. The molecule has 0 aliphatic rings. The van der Waals surface area contributed by atoms with Crippen molar-refractivity contribution >= 4 is 69.6 Å². The molecule has 0 atom stereocenters. The van der Waals surface area contributed by atoms with E-state index >= 15 is 0 Å². The highest BCUT2D eigenvalue weighted by atomic mass is 35.5. The predicted molar refractivity (Wildman–Crippen MR) is 110 cm³/mol. The van der Waals surface area contributed by atoms with E-state index in [1.807, 2.05) is 18.2 Å². The highest BCUT2D eigenvalue weighted by molar-refractivity contribution is 6.37. The van der Waals surface area contributed by atoms with Gasteiger partial charge >= 0.3 is 0 Å². The van der Waals surface area contributed by atoms with Crippen LogP contribution in [0.2, 0.25) is 30.1 Å². The quantitative estimate of drug-likeness (QED) is 0.277. The van der Waals surface area contributed by atoms with Gasteiger partial charge in [-0.05, 0) is 71.2 Å². The first kappa shape index (κ1) is 19.0. The zero-order chi connectivity index (χ0) is 18.1. The predicted octanol–water partition coefficient (Wildman–Crippen LogP) is 8.63. The fourth-order valence-electron chi connectivity index (χ4n) is 2.51. The lowest BCUT2D eigenvalue weighted by molar-refractivity contribution is 1.23. The summed E-state index contributed by atoms with van der Waals surface area (Å²) in [6.45, 7) is 0. The van der Waals surface area contributed by atoms with Gasteiger partial charge in [-0.2, -0.15) is 0 Å². The Kier molecular flexibility index (Phi) is 6.00. The van der Waals surface area contributed by atoms with Crippen LogP contribution in [0.1, 0.15) is 16.7 Å². The number of halogens is 6. The molecule has 0 spiro atoms. The van der Waals surface area contributed by atoms with Crippen molar-refractivity contribution in [1.82, 2.24) is 0 Å². The summed E-state index contributed by atoms with van der Waals surface area (Å²) in [5, 5.41) is 3.08. The molecule has 0 unspecified atom stereocenters. The Morgan fingerprint density at radius 3 is 0.960 bits per heavy atom. The maximum absolute atomic E-state index is 6.45. The number of hydrogen-bond donors (Lipinski definition) is 0. The topological polar surface area (TPSA) is 0 Å². The number of rotatable bonds is 3. The Morgan fingerprint density at radius 1 is 0.440 bits per heavy atom. The van der Waals surface area contributed by atoms with Gasteiger partial charge in [-0.3, -0.25) is 0 Å². The molecule has 0 saturated carbocycles. The van der Waals surface area contributed by atoms with E-state index < -0.39 is 0 Å². The van der Waals surface area contributed by atoms with E-state index in [2.05, 4.69) is 0 Å². The van der Waals surface area contributed by atoms with Crippen LogP contribution in [-0.4, -0.2) is 0 Å². The fourth-order valence-corrected chi connectivity index (χ4v) is 4.02. The van der Waals surface area contributed by atoms with Crippen LogP contribution in [0.4, 0.5) is 0 Å². The van der Waals surface area contributed by atoms with Gasteiger partial charge in [0.1, 0.15) is 0 Å². The second-order valence-corrected chi connectivity index (χ2v) is 7.78. The van der Waals surface area contributed by atoms with Crippen molar-refractivity contribution in [3.8, 4) is 0 Å². The molecule has 0 bridgehead atoms. The molecule has 0 saturated heterocycles. The van der Waals surface area contributed by atoms with E-state index in [4.69, 9.17) is 69.6 Å². The number of hydrogen-bond acceptors (Lipinski definition) is 0. The van der Waals surface area contributed by atoms with Gasteiger partial charge in [-0.15, -0.1) is 0 Å². The summed E-state index contributed by atoms with van der Waals surface area (Å²) < 4.78 is 0. The molecule has 0 fully saturated rings. The van der Waals surface area contributed by atoms with Crippen molar-refractivity contribution in [2.45, 2.75) is 0 Å². The molecule has 0 radical (unpaired) electrons. The van der Waals surface area contributed by atoms with Crippen LogP contribution in [0.25, 0.3) is 0 Å². The summed E-state index contributed by atoms with van der Waals surface area (Å²) in [5.41, 5.74) is 2.25. The van der Waals surface area contributed by atoms with Crippen molar-refractivity contribution in [2.75, 3.05) is 0 Å². The molecule has 6 heteroatoms. The van der Waals surface area contributed by atoms with E-state index in [-0.39, 0.29) is 0 Å². The summed E-state index contributed by atoms with van der Waals surface area (Å²) in [6, 6.07) is 15.8. The molecular weight excluding hydrogens is 441 g/mol. The maximum atomic E-state index is 6.45. The Morgan fingerprint density at radius 2 is 0.720 bits per heavy atom. The van der Waals surface area contributed by atoms with E-state index in [1.54, 1.807) is 36.4 Å². The lowest BCUT2D eigenvalue weighted by atomic mass is 9.85. The summed E-state index contributed by atoms with van der Waals surface area (Å²) in [6.07, 6.45) is 0. The lowest BCUT2D eigenvalue weighted by Crippen LogP contribution is -2.07. The van der Waals surface area contributed by atoms with Gasteiger partial charge < -0.3 is 0 Å². The molecule has 3 rings (SSSR count). The third-order valence-electron chi connectivity index (χ3n) is 3.60. The van der Waals surface area contributed by atoms with Gasteiger partial charge in [0.2, 0.25) is 0 Å². The molecular formula is C19H9Cl6+. The van der Waals surface area contributed by atoms with Gasteiger partial charge in [0.05, 0.1) is 52.7 Å². The molecule has 25 heavy (non-hydrogen) atoms. The van der Waals surface area contributed by atoms with Crippen LogP contribution in [0.5, 0.6) is 0 Å². The first-order chi connectivity index (χ1) is 11.9. The fraction of sp³-hybridized carbons (Fsp3) is 0. The molecule has 3 aromatic rings. The monoisotopic (exact) mass is 447 g/mol. The minimum atomic E-state index is 0.486. The summed E-state index contributed by atoms with van der Waals surface area (Å²) in [7, 11) is 0. The maximum Gasteiger partial charge on any atom is 0.0955 e. The van der Waals surface area contributed by atoms with Crippen molar-refractivity contribution in [1.29, 1.82) is 0 Å². The van der Waals surface area contributed by atoms with Crippen LogP contribution < -0.4 is 0 Å². The van der Waals surface area contributed by atoms with E-state index in [0.29, 0.717) is 30.1 Å². The summed E-state index contributed by atoms with van der Waals surface area (Å²) >= 11 is 37.5. The van der Waals surface area contributed by atoms with E-state index in [0.717, 1.165) is 22.6 Å². The Balaban J connectivity index is 2.27. The van der Waals surface area contributed by atoms with Crippen molar-refractivity contribution in [3.05, 3.63) is 107 Å². The second-order valence-electron chi connectivity index (χ2n) is 5.25. The minimum Gasteiger partial charge on any atom is -0.0832 e. The SMILES string of the molecule is Clc1ccc([C+](c2ccc(Cl)cc2Cl)c2ccc(Cl)cc2Cl)c(Cl)c1. The highest BCUT2D eigenvalue weighted by Crippen LogP contribution is 2.42. The molecule has 0 N–H and O–H groups in total. The van der Waals surface area contributed by atoms with Crippen LogP contribution in [-0.2, 0) is 0 Å². The Labute approximate surface area is 176 Å². The minimum absolute atomic E-state index is 0.486. The molecule has 0 aliphatic heterocycles. The summed E-state index contributed by atoms with van der Waals surface area (Å²) in [5.74, 6) is 0.769. The van der Waals surface area contributed by atoms with Gasteiger partial charge in [-0.25, -0.2) is 0 Å². The van der Waals surface area contributed by atoms with Crippen molar-refractivity contribution < 1.29 is 0 Å². The molecule has 0 aliphatic carbocycles. The standard InChI is InChI=1S/C19H9Cl6/c20-10-1-4-13(16(23)7-10)19(14-5-2-11(21)8-17(14)24)15-6-3-12(22)9-18(15)25/h1-9H/q+1. The lowest BCUT2D eigenvalue weighted by Gasteiger charge is -2.17. The van der Waals surface area contributed by atoms with Gasteiger partial charge in [0, 0.05) is 18.2 Å². The van der Waals surface area contributed by atoms with Crippen LogP contribution in [0.3, 0.4) is 0 Å². The molecule has 0 heterocycles. The van der Waals surface area contributed by atoms with Crippen LogP contribution in [0, 0.1) is 5.92 Å². The molecule has 0 nitrogen and oxygen atoms in total. The molecule has 3 aromatic carbocycles. The third-order valence-corrected chi connectivity index (χ3v) is 5.24. The largest absolute Gasteiger partial charge is 0.0955 e. The first-order valence-electron chi connectivity index (χ1n) is 7.10. The van der Waals surface area contributed by atoms with E-state index in [1.165, 1.54) is 0 Å². The van der Waals surface area contributed by atoms with Crippen LogP contribution in [0.15, 0.2) is 54.6 Å². The molecule has 0 aromatic heterocycles. The highest BCUT2D eigenvalue weighted by Gasteiger charge is 2.30. The average molecular weight is 450 g/mol. The van der Waals surface area contributed by atoms with Gasteiger partial charge in [-0.1, -0.05) is 34.8 Å².